The van der Waals surface area contributed by atoms with Crippen LogP contribution in [0.1, 0.15) is 34.7 Å². The summed E-state index contributed by atoms with van der Waals surface area (Å²) in [5.41, 5.74) is 7.99. The van der Waals surface area contributed by atoms with E-state index in [0.717, 1.165) is 23.5 Å². The highest BCUT2D eigenvalue weighted by Gasteiger charge is 2.13. The molecule has 0 unspecified atom stereocenters. The minimum absolute atomic E-state index is 0.944. The number of hydrogen-bond donors (Lipinski definition) is 0. The van der Waals surface area contributed by atoms with E-state index in [1.54, 1.807) is 0 Å². The lowest BCUT2D eigenvalue weighted by atomic mass is 9.93. The summed E-state index contributed by atoms with van der Waals surface area (Å²) < 4.78 is 0. The molecule has 3 nitrogen and oxygen atoms in total. The Bertz CT molecular complexity index is 773. The predicted octanol–water partition coefficient (Wildman–Crippen LogP) is 4.69. The van der Waals surface area contributed by atoms with Crippen LogP contribution in [0.15, 0.2) is 46.4 Å². The van der Waals surface area contributed by atoms with Crippen LogP contribution in [-0.4, -0.2) is 37.6 Å². The molecule has 2 aromatic rings. The number of aliphatic imine (C=N–C) groups is 2. The van der Waals surface area contributed by atoms with E-state index in [0.29, 0.717) is 0 Å². The Hall–Kier alpha value is -2.42. The lowest BCUT2D eigenvalue weighted by molar-refractivity contribution is 0.552. The van der Waals surface area contributed by atoms with Gasteiger partial charge in [0.15, 0.2) is 0 Å². The molecule has 0 aliphatic rings. The number of hydrogen-bond acceptors (Lipinski definition) is 2. The molecule has 0 amide bonds. The van der Waals surface area contributed by atoms with Crippen molar-refractivity contribution in [3.8, 4) is 0 Å². The van der Waals surface area contributed by atoms with Gasteiger partial charge in [-0.3, -0.25) is 4.99 Å². The van der Waals surface area contributed by atoms with E-state index in [-0.39, 0.29) is 0 Å². The summed E-state index contributed by atoms with van der Waals surface area (Å²) in [4.78, 5) is 11.3. The first kappa shape index (κ1) is 17.9. The van der Waals surface area contributed by atoms with E-state index < -0.39 is 0 Å². The Labute approximate surface area is 145 Å². The van der Waals surface area contributed by atoms with Crippen molar-refractivity contribution in [1.29, 1.82) is 0 Å². The number of nitrogens with zero attached hydrogens (tertiary/aromatic N) is 3. The van der Waals surface area contributed by atoms with Crippen LogP contribution < -0.4 is 0 Å². The zero-order valence-corrected chi connectivity index (χ0v) is 15.6. The molecule has 126 valence electrons. The van der Waals surface area contributed by atoms with Gasteiger partial charge in [-0.25, -0.2) is 4.99 Å². The molecule has 0 atom stereocenters. The van der Waals surface area contributed by atoms with Crippen LogP contribution in [0, 0.1) is 20.8 Å². The number of aryl methyl sites for hydroxylation is 3. The van der Waals surface area contributed by atoms with Crippen LogP contribution in [0.25, 0.3) is 0 Å². The van der Waals surface area contributed by atoms with Gasteiger partial charge in [-0.15, -0.1) is 0 Å². The lowest BCUT2D eigenvalue weighted by Crippen LogP contribution is -2.14. The molecule has 2 aromatic carbocycles. The Kier molecular flexibility index (Phi) is 5.91. The largest absolute Gasteiger partial charge is 0.366 e. The third-order valence-corrected chi connectivity index (χ3v) is 4.31. The molecule has 24 heavy (non-hydrogen) atoms. The highest BCUT2D eigenvalue weighted by Crippen LogP contribution is 2.26. The quantitative estimate of drug-likeness (QED) is 0.580. The van der Waals surface area contributed by atoms with Gasteiger partial charge >= 0.3 is 0 Å². The molecule has 0 radical (unpaired) electrons. The maximum Gasteiger partial charge on any atom is 0.0909 e. The zero-order valence-electron chi connectivity index (χ0n) is 15.6. The molecule has 0 heterocycles. The van der Waals surface area contributed by atoms with Gasteiger partial charge in [0.05, 0.1) is 17.7 Å². The average Bonchev–Trinajstić information content (AvgIpc) is 2.58. The maximum atomic E-state index is 4.61. The van der Waals surface area contributed by atoms with Crippen molar-refractivity contribution in [2.75, 3.05) is 20.6 Å². The molecular weight excluding hydrogens is 294 g/mol. The van der Waals surface area contributed by atoms with Gasteiger partial charge in [-0.05, 0) is 56.5 Å². The van der Waals surface area contributed by atoms with Crippen LogP contribution in [0.5, 0.6) is 0 Å². The summed E-state index contributed by atoms with van der Waals surface area (Å²) in [6.07, 6.45) is 1.89. The molecule has 2 rings (SSSR count). The topological polar surface area (TPSA) is 28.0 Å². The zero-order chi connectivity index (χ0) is 17.7. The highest BCUT2D eigenvalue weighted by molar-refractivity contribution is 6.14. The number of benzene rings is 2. The van der Waals surface area contributed by atoms with Crippen molar-refractivity contribution < 1.29 is 0 Å². The molecule has 0 bridgehead atoms. The third-order valence-electron chi connectivity index (χ3n) is 4.31. The molecular formula is C21H27N3. The molecule has 0 saturated carbocycles. The first-order valence-corrected chi connectivity index (χ1v) is 8.36. The highest BCUT2D eigenvalue weighted by atomic mass is 15.1. The van der Waals surface area contributed by atoms with Gasteiger partial charge in [-0.1, -0.05) is 24.3 Å². The maximum absolute atomic E-state index is 4.61. The molecule has 0 saturated heterocycles. The van der Waals surface area contributed by atoms with Crippen LogP contribution >= 0.6 is 0 Å². The molecule has 3 heteroatoms. The van der Waals surface area contributed by atoms with Gasteiger partial charge in [0.25, 0.3) is 0 Å². The van der Waals surface area contributed by atoms with Crippen molar-refractivity contribution >= 4 is 17.7 Å². The van der Waals surface area contributed by atoms with Gasteiger partial charge in [0.2, 0.25) is 0 Å². The number of rotatable bonds is 5. The Morgan fingerprint density at radius 1 is 1.00 bits per heavy atom. The molecule has 0 aliphatic heterocycles. The molecule has 0 aliphatic carbocycles. The van der Waals surface area contributed by atoms with Crippen LogP contribution in [0.4, 0.5) is 5.69 Å². The molecule has 0 aromatic heterocycles. The SMILES string of the molecule is CCN(C)C=Nc1cc(C)c(/C(=N\C)c2ccccc2C)cc1C. The lowest BCUT2D eigenvalue weighted by Gasteiger charge is -2.15. The Morgan fingerprint density at radius 2 is 1.71 bits per heavy atom. The van der Waals surface area contributed by atoms with E-state index in [9.17, 15) is 0 Å². The van der Waals surface area contributed by atoms with Crippen LogP contribution in [0.3, 0.4) is 0 Å². The van der Waals surface area contributed by atoms with Crippen LogP contribution in [0.2, 0.25) is 0 Å². The molecule has 0 spiro atoms. The van der Waals surface area contributed by atoms with Crippen molar-refractivity contribution in [2.24, 2.45) is 9.98 Å². The first-order valence-electron chi connectivity index (χ1n) is 8.36. The standard InChI is InChI=1S/C21H27N3/c1-7-24(6)14-23-20-13-16(3)19(12-17(20)4)21(22-5)18-11-9-8-10-15(18)2/h8-14H,7H2,1-6H3/b22-21-,23-14?. The van der Waals surface area contributed by atoms with Gasteiger partial charge < -0.3 is 4.90 Å². The summed E-state index contributed by atoms with van der Waals surface area (Å²) in [5.74, 6) is 0. The van der Waals surface area contributed by atoms with Crippen LogP contribution in [-0.2, 0) is 0 Å². The second-order valence-electron chi connectivity index (χ2n) is 6.16. The smallest absolute Gasteiger partial charge is 0.0909 e. The van der Waals surface area contributed by atoms with E-state index in [2.05, 4.69) is 79.0 Å². The van der Waals surface area contributed by atoms with Crippen molar-refractivity contribution in [1.82, 2.24) is 4.90 Å². The fraction of sp³-hybridized carbons (Fsp3) is 0.333. The summed E-state index contributed by atoms with van der Waals surface area (Å²) in [6, 6.07) is 12.7. The molecule has 0 N–H and O–H groups in total. The third kappa shape index (κ3) is 3.91. The van der Waals surface area contributed by atoms with Gasteiger partial charge in [0, 0.05) is 31.8 Å². The second kappa shape index (κ2) is 7.91. The minimum Gasteiger partial charge on any atom is -0.366 e. The van der Waals surface area contributed by atoms with E-state index in [1.165, 1.54) is 22.3 Å². The summed E-state index contributed by atoms with van der Waals surface area (Å²) >= 11 is 0. The first-order chi connectivity index (χ1) is 11.5. The van der Waals surface area contributed by atoms with Gasteiger partial charge in [-0.2, -0.15) is 0 Å². The summed E-state index contributed by atoms with van der Waals surface area (Å²) in [7, 11) is 3.89. The van der Waals surface area contributed by atoms with E-state index in [1.807, 2.05) is 20.4 Å². The normalized spacial score (nSPS) is 12.0. The van der Waals surface area contributed by atoms with Crippen molar-refractivity contribution in [2.45, 2.75) is 27.7 Å². The Morgan fingerprint density at radius 3 is 2.33 bits per heavy atom. The average molecular weight is 321 g/mol. The fourth-order valence-electron chi connectivity index (χ4n) is 2.66. The summed E-state index contributed by atoms with van der Waals surface area (Å²) in [5, 5.41) is 0. The summed E-state index contributed by atoms with van der Waals surface area (Å²) in [6.45, 7) is 9.41. The second-order valence-corrected chi connectivity index (χ2v) is 6.16. The van der Waals surface area contributed by atoms with Crippen molar-refractivity contribution in [3.63, 3.8) is 0 Å². The predicted molar refractivity (Wildman–Crippen MR) is 105 cm³/mol. The monoisotopic (exact) mass is 321 g/mol. The van der Waals surface area contributed by atoms with E-state index in [4.69, 9.17) is 0 Å². The van der Waals surface area contributed by atoms with Gasteiger partial charge in [0.1, 0.15) is 0 Å². The minimum atomic E-state index is 0.944. The molecule has 0 fully saturated rings. The Balaban J connectivity index is 2.47. The van der Waals surface area contributed by atoms with Crippen molar-refractivity contribution in [3.05, 3.63) is 64.2 Å². The fourth-order valence-corrected chi connectivity index (χ4v) is 2.66. The van der Waals surface area contributed by atoms with E-state index >= 15 is 0 Å².